The van der Waals surface area contributed by atoms with Crippen LogP contribution in [0.25, 0.3) is 0 Å². The Morgan fingerprint density at radius 2 is 2.10 bits per heavy atom. The Morgan fingerprint density at radius 3 is 2.50 bits per heavy atom. The largest absolute Gasteiger partial charge is 0.328 e. The monoisotopic (exact) mass is 139 g/mol. The van der Waals surface area contributed by atoms with E-state index < -0.39 is 0 Å². The smallest absolute Gasteiger partial charge is 0.00440 e. The highest BCUT2D eigenvalue weighted by Crippen LogP contribution is 2.61. The average molecular weight is 139 g/mol. The first-order valence-electron chi connectivity index (χ1n) is 4.50. The molecule has 1 spiro atoms. The lowest BCUT2D eigenvalue weighted by Crippen LogP contribution is -2.29. The molecule has 2 rings (SSSR count). The summed E-state index contributed by atoms with van der Waals surface area (Å²) >= 11 is 0. The fourth-order valence-corrected chi connectivity index (χ4v) is 2.77. The second-order valence-electron chi connectivity index (χ2n) is 4.22. The van der Waals surface area contributed by atoms with Crippen molar-refractivity contribution in [3.63, 3.8) is 0 Å². The van der Waals surface area contributed by atoms with Gasteiger partial charge in [-0.05, 0) is 43.9 Å². The van der Waals surface area contributed by atoms with Crippen LogP contribution in [0.2, 0.25) is 0 Å². The molecule has 1 nitrogen and oxygen atoms in total. The van der Waals surface area contributed by atoms with Gasteiger partial charge in [0.15, 0.2) is 0 Å². The molecule has 0 aromatic heterocycles. The van der Waals surface area contributed by atoms with Gasteiger partial charge >= 0.3 is 0 Å². The quantitative estimate of drug-likeness (QED) is 0.590. The van der Waals surface area contributed by atoms with Gasteiger partial charge in [0.2, 0.25) is 0 Å². The summed E-state index contributed by atoms with van der Waals surface area (Å²) in [6, 6.07) is 0.449. The van der Waals surface area contributed by atoms with Crippen molar-refractivity contribution in [1.82, 2.24) is 0 Å². The van der Waals surface area contributed by atoms with E-state index in [9.17, 15) is 0 Å². The van der Waals surface area contributed by atoms with Crippen LogP contribution in [0.15, 0.2) is 0 Å². The van der Waals surface area contributed by atoms with E-state index in [0.717, 1.165) is 11.3 Å². The molecule has 0 radical (unpaired) electrons. The molecule has 2 fully saturated rings. The van der Waals surface area contributed by atoms with Gasteiger partial charge in [0.1, 0.15) is 0 Å². The van der Waals surface area contributed by atoms with Crippen LogP contribution >= 0.6 is 0 Å². The van der Waals surface area contributed by atoms with Crippen molar-refractivity contribution in [3.05, 3.63) is 0 Å². The minimum absolute atomic E-state index is 0.449. The van der Waals surface area contributed by atoms with Crippen LogP contribution in [0.3, 0.4) is 0 Å². The first kappa shape index (κ1) is 6.66. The Kier molecular flexibility index (Phi) is 1.31. The van der Waals surface area contributed by atoms with Crippen LogP contribution in [-0.4, -0.2) is 6.04 Å². The van der Waals surface area contributed by atoms with Gasteiger partial charge in [-0.25, -0.2) is 0 Å². The average Bonchev–Trinajstić information content (AvgIpc) is 2.42. The van der Waals surface area contributed by atoms with E-state index in [0.29, 0.717) is 6.04 Å². The Hall–Kier alpha value is -0.0400. The molecular weight excluding hydrogens is 122 g/mol. The van der Waals surface area contributed by atoms with Crippen molar-refractivity contribution in [2.45, 2.75) is 45.1 Å². The maximum atomic E-state index is 5.91. The summed E-state index contributed by atoms with van der Waals surface area (Å²) in [6.07, 6.45) is 7.25. The second-order valence-corrected chi connectivity index (χ2v) is 4.22. The van der Waals surface area contributed by atoms with Crippen LogP contribution in [0.4, 0.5) is 0 Å². The summed E-state index contributed by atoms with van der Waals surface area (Å²) in [5.41, 5.74) is 6.67. The lowest BCUT2D eigenvalue weighted by atomic mass is 9.87. The van der Waals surface area contributed by atoms with Crippen molar-refractivity contribution in [3.8, 4) is 0 Å². The van der Waals surface area contributed by atoms with Gasteiger partial charge < -0.3 is 5.73 Å². The van der Waals surface area contributed by atoms with Crippen LogP contribution in [-0.2, 0) is 0 Å². The van der Waals surface area contributed by atoms with Crippen molar-refractivity contribution in [1.29, 1.82) is 0 Å². The van der Waals surface area contributed by atoms with E-state index in [4.69, 9.17) is 5.73 Å². The predicted octanol–water partition coefficient (Wildman–Crippen LogP) is 1.91. The van der Waals surface area contributed by atoms with Crippen molar-refractivity contribution in [2.75, 3.05) is 0 Å². The highest BCUT2D eigenvalue weighted by Gasteiger charge is 2.52. The van der Waals surface area contributed by atoms with Gasteiger partial charge in [0.05, 0.1) is 0 Å². The third kappa shape index (κ3) is 0.800. The van der Waals surface area contributed by atoms with E-state index in [2.05, 4.69) is 6.92 Å². The van der Waals surface area contributed by atoms with Crippen LogP contribution < -0.4 is 5.73 Å². The van der Waals surface area contributed by atoms with Crippen molar-refractivity contribution >= 4 is 0 Å². The summed E-state index contributed by atoms with van der Waals surface area (Å²) in [5.74, 6) is 0.868. The number of hydrogen-bond acceptors (Lipinski definition) is 1. The molecule has 2 N–H and O–H groups in total. The Morgan fingerprint density at radius 1 is 1.40 bits per heavy atom. The fraction of sp³-hybridized carbons (Fsp3) is 1.00. The summed E-state index contributed by atoms with van der Waals surface area (Å²) < 4.78 is 0. The summed E-state index contributed by atoms with van der Waals surface area (Å²) in [5, 5.41) is 0. The topological polar surface area (TPSA) is 26.0 Å². The molecule has 0 aromatic rings. The molecule has 0 aromatic carbocycles. The summed E-state index contributed by atoms with van der Waals surface area (Å²) in [4.78, 5) is 0. The lowest BCUT2D eigenvalue weighted by Gasteiger charge is -2.21. The van der Waals surface area contributed by atoms with Gasteiger partial charge in [-0.2, -0.15) is 0 Å². The zero-order valence-corrected chi connectivity index (χ0v) is 6.77. The van der Waals surface area contributed by atoms with Gasteiger partial charge in [0, 0.05) is 6.04 Å². The molecular formula is C9H17N. The number of hydrogen-bond donors (Lipinski definition) is 1. The highest BCUT2D eigenvalue weighted by atomic mass is 14.7. The zero-order valence-electron chi connectivity index (χ0n) is 6.77. The molecule has 0 amide bonds. The minimum Gasteiger partial charge on any atom is -0.328 e. The van der Waals surface area contributed by atoms with Gasteiger partial charge in [-0.1, -0.05) is 6.42 Å². The van der Waals surface area contributed by atoms with E-state index in [-0.39, 0.29) is 0 Å². The molecule has 0 aliphatic heterocycles. The first-order chi connectivity index (χ1) is 4.75. The van der Waals surface area contributed by atoms with Crippen LogP contribution in [0.1, 0.15) is 39.0 Å². The summed E-state index contributed by atoms with van der Waals surface area (Å²) in [6.45, 7) is 2.18. The van der Waals surface area contributed by atoms with Crippen molar-refractivity contribution < 1.29 is 0 Å². The Labute approximate surface area is 63.0 Å². The molecule has 2 unspecified atom stereocenters. The van der Waals surface area contributed by atoms with Crippen LogP contribution in [0, 0.1) is 11.3 Å². The van der Waals surface area contributed by atoms with E-state index >= 15 is 0 Å². The molecule has 0 heterocycles. The van der Waals surface area contributed by atoms with E-state index in [1.807, 2.05) is 0 Å². The second kappa shape index (κ2) is 1.97. The standard InChI is InChI=1S/C9H17N/c1-7(10)8-3-2-4-9(8)5-6-9/h7-8H,2-6,10H2,1H3. The summed E-state index contributed by atoms with van der Waals surface area (Å²) in [7, 11) is 0. The van der Waals surface area contributed by atoms with Gasteiger partial charge in [-0.3, -0.25) is 0 Å². The van der Waals surface area contributed by atoms with Gasteiger partial charge in [-0.15, -0.1) is 0 Å². The molecule has 58 valence electrons. The number of rotatable bonds is 1. The maximum Gasteiger partial charge on any atom is 0.00440 e. The van der Waals surface area contributed by atoms with Gasteiger partial charge in [0.25, 0.3) is 0 Å². The number of nitrogens with two attached hydrogens (primary N) is 1. The van der Waals surface area contributed by atoms with Crippen LogP contribution in [0.5, 0.6) is 0 Å². The molecule has 2 aliphatic rings. The molecule has 2 saturated carbocycles. The highest BCUT2D eigenvalue weighted by molar-refractivity contribution is 5.04. The van der Waals surface area contributed by atoms with Crippen molar-refractivity contribution in [2.24, 2.45) is 17.1 Å². The zero-order chi connectivity index (χ0) is 7.19. The Bertz CT molecular complexity index is 136. The van der Waals surface area contributed by atoms with E-state index in [1.54, 1.807) is 0 Å². The maximum absolute atomic E-state index is 5.91. The molecule has 0 saturated heterocycles. The molecule has 2 aliphatic carbocycles. The third-order valence-corrected chi connectivity index (χ3v) is 3.50. The third-order valence-electron chi connectivity index (χ3n) is 3.50. The normalized spacial score (nSPS) is 38.4. The lowest BCUT2D eigenvalue weighted by molar-refractivity contribution is 0.317. The molecule has 1 heteroatoms. The first-order valence-corrected chi connectivity index (χ1v) is 4.50. The predicted molar refractivity (Wildman–Crippen MR) is 42.7 cm³/mol. The SMILES string of the molecule is CC(N)C1CCCC12CC2. The fourth-order valence-electron chi connectivity index (χ4n) is 2.77. The Balaban J connectivity index is 2.07. The van der Waals surface area contributed by atoms with E-state index in [1.165, 1.54) is 32.1 Å². The molecule has 0 bridgehead atoms. The minimum atomic E-state index is 0.449. The molecule has 10 heavy (non-hydrogen) atoms. The molecule has 2 atom stereocenters.